The van der Waals surface area contributed by atoms with Gasteiger partial charge in [-0.2, -0.15) is 0 Å². The van der Waals surface area contributed by atoms with E-state index in [-0.39, 0.29) is 5.41 Å². The van der Waals surface area contributed by atoms with Crippen LogP contribution in [0.5, 0.6) is 0 Å². The number of hydrogen-bond acceptors (Lipinski definition) is 4. The van der Waals surface area contributed by atoms with Crippen LogP contribution in [0, 0.1) is 12.3 Å². The van der Waals surface area contributed by atoms with Crippen LogP contribution in [0.2, 0.25) is 0 Å². The van der Waals surface area contributed by atoms with Crippen LogP contribution in [0.4, 0.5) is 0 Å². The van der Waals surface area contributed by atoms with Crippen LogP contribution in [-0.4, -0.2) is 21.5 Å². The molecule has 1 aromatic rings. The van der Waals surface area contributed by atoms with Crippen LogP contribution < -0.4 is 10.0 Å². The van der Waals surface area contributed by atoms with Gasteiger partial charge in [0.2, 0.25) is 10.0 Å². The maximum atomic E-state index is 12.4. The Morgan fingerprint density at radius 3 is 2.60 bits per heavy atom. The van der Waals surface area contributed by atoms with Crippen molar-refractivity contribution in [2.45, 2.75) is 51.5 Å². The molecule has 2 N–H and O–H groups in total. The van der Waals surface area contributed by atoms with E-state index in [2.05, 4.69) is 17.0 Å². The molecule has 1 aliphatic rings. The molecular formula is C14H24N2O2S2. The van der Waals surface area contributed by atoms with Gasteiger partial charge in [-0.05, 0) is 44.2 Å². The highest BCUT2D eigenvalue weighted by molar-refractivity contribution is 7.89. The molecule has 0 amide bonds. The standard InChI is InChI=1S/C14H24N2O2S2/c1-4-14(6-7-14)10-16-20(17,18)13-8-12(9-15-5-2)19-11(13)3/h8,15-16H,4-7,9-10H2,1-3H3. The molecular weight excluding hydrogens is 292 g/mol. The fraction of sp³-hybridized carbons (Fsp3) is 0.714. The van der Waals surface area contributed by atoms with Gasteiger partial charge < -0.3 is 5.32 Å². The molecule has 6 heteroatoms. The SMILES string of the molecule is CCNCc1cc(S(=O)(=O)NCC2(CC)CC2)c(C)s1. The van der Waals surface area contributed by atoms with E-state index < -0.39 is 10.0 Å². The summed E-state index contributed by atoms with van der Waals surface area (Å²) in [4.78, 5) is 2.38. The molecule has 0 spiro atoms. The molecule has 0 saturated heterocycles. The smallest absolute Gasteiger partial charge is 0.241 e. The molecule has 1 heterocycles. The Kier molecular flexibility index (Phi) is 4.89. The highest BCUT2D eigenvalue weighted by atomic mass is 32.2. The summed E-state index contributed by atoms with van der Waals surface area (Å²) in [7, 11) is -3.37. The van der Waals surface area contributed by atoms with Gasteiger partial charge in [-0.25, -0.2) is 13.1 Å². The Labute approximate surface area is 126 Å². The molecule has 0 atom stereocenters. The van der Waals surface area contributed by atoms with Gasteiger partial charge in [-0.3, -0.25) is 0 Å². The average Bonchev–Trinajstić information content (AvgIpc) is 3.11. The molecule has 1 saturated carbocycles. The van der Waals surface area contributed by atoms with Crippen molar-refractivity contribution < 1.29 is 8.42 Å². The lowest BCUT2D eigenvalue weighted by atomic mass is 10.1. The Hall–Kier alpha value is -0.430. The summed E-state index contributed by atoms with van der Waals surface area (Å²) in [5.41, 5.74) is 0.226. The van der Waals surface area contributed by atoms with E-state index >= 15 is 0 Å². The van der Waals surface area contributed by atoms with Gasteiger partial charge in [-0.15, -0.1) is 11.3 Å². The summed E-state index contributed by atoms with van der Waals surface area (Å²) in [6.45, 7) is 8.24. The molecule has 0 aromatic carbocycles. The molecule has 20 heavy (non-hydrogen) atoms. The fourth-order valence-corrected chi connectivity index (χ4v) is 5.04. The van der Waals surface area contributed by atoms with Gasteiger partial charge in [0.05, 0.1) is 4.90 Å². The molecule has 1 aromatic heterocycles. The summed E-state index contributed by atoms with van der Waals surface area (Å²) in [5, 5.41) is 3.23. The van der Waals surface area contributed by atoms with Crippen LogP contribution in [0.3, 0.4) is 0 Å². The minimum absolute atomic E-state index is 0.226. The monoisotopic (exact) mass is 316 g/mol. The van der Waals surface area contributed by atoms with Crippen LogP contribution in [0.1, 0.15) is 42.9 Å². The van der Waals surface area contributed by atoms with Crippen molar-refractivity contribution in [1.82, 2.24) is 10.0 Å². The number of rotatable bonds is 8. The summed E-state index contributed by atoms with van der Waals surface area (Å²) in [6.07, 6.45) is 3.32. The van der Waals surface area contributed by atoms with E-state index in [0.29, 0.717) is 11.4 Å². The Morgan fingerprint density at radius 2 is 2.05 bits per heavy atom. The average molecular weight is 316 g/mol. The van der Waals surface area contributed by atoms with Crippen LogP contribution in [0.15, 0.2) is 11.0 Å². The maximum Gasteiger partial charge on any atom is 0.241 e. The lowest BCUT2D eigenvalue weighted by Crippen LogP contribution is -2.30. The van der Waals surface area contributed by atoms with Gasteiger partial charge in [0.15, 0.2) is 0 Å². The fourth-order valence-electron chi connectivity index (χ4n) is 2.28. The molecule has 0 aliphatic heterocycles. The van der Waals surface area contributed by atoms with Crippen LogP contribution >= 0.6 is 11.3 Å². The molecule has 0 radical (unpaired) electrons. The van der Waals surface area contributed by atoms with E-state index in [1.807, 2.05) is 13.8 Å². The molecule has 1 aliphatic carbocycles. The van der Waals surface area contributed by atoms with Crippen molar-refractivity contribution in [2.24, 2.45) is 5.41 Å². The van der Waals surface area contributed by atoms with Crippen molar-refractivity contribution in [3.05, 3.63) is 15.8 Å². The second kappa shape index (κ2) is 6.13. The predicted octanol–water partition coefficient (Wildman–Crippen LogP) is 2.63. The Bertz CT molecular complexity index is 560. The molecule has 0 unspecified atom stereocenters. The predicted molar refractivity (Wildman–Crippen MR) is 83.6 cm³/mol. The zero-order valence-corrected chi connectivity index (χ0v) is 14.1. The van der Waals surface area contributed by atoms with Crippen molar-refractivity contribution in [3.63, 3.8) is 0 Å². The minimum atomic E-state index is -3.37. The normalized spacial score (nSPS) is 17.4. The lowest BCUT2D eigenvalue weighted by Gasteiger charge is -2.13. The van der Waals surface area contributed by atoms with Crippen molar-refractivity contribution in [2.75, 3.05) is 13.1 Å². The van der Waals surface area contributed by atoms with Crippen molar-refractivity contribution in [3.8, 4) is 0 Å². The van der Waals surface area contributed by atoms with Gasteiger partial charge in [0.1, 0.15) is 0 Å². The quantitative estimate of drug-likeness (QED) is 0.775. The summed E-state index contributed by atoms with van der Waals surface area (Å²) in [5.74, 6) is 0. The highest BCUT2D eigenvalue weighted by Gasteiger charge is 2.41. The van der Waals surface area contributed by atoms with Gasteiger partial charge >= 0.3 is 0 Å². The van der Waals surface area contributed by atoms with Gasteiger partial charge in [0.25, 0.3) is 0 Å². The molecule has 114 valence electrons. The third-order valence-electron chi connectivity index (χ3n) is 4.11. The number of thiophene rings is 1. The number of nitrogens with one attached hydrogen (secondary N) is 2. The molecule has 2 rings (SSSR count). The van der Waals surface area contributed by atoms with Crippen LogP contribution in [0.25, 0.3) is 0 Å². The Morgan fingerprint density at radius 1 is 1.35 bits per heavy atom. The first-order valence-electron chi connectivity index (χ1n) is 7.22. The van der Waals surface area contributed by atoms with Crippen LogP contribution in [-0.2, 0) is 16.6 Å². The molecule has 1 fully saturated rings. The molecule has 4 nitrogen and oxygen atoms in total. The summed E-state index contributed by atoms with van der Waals surface area (Å²) < 4.78 is 27.6. The lowest BCUT2D eigenvalue weighted by molar-refractivity contribution is 0.475. The van der Waals surface area contributed by atoms with E-state index in [1.165, 1.54) is 0 Å². The topological polar surface area (TPSA) is 58.2 Å². The zero-order chi connectivity index (χ0) is 14.8. The van der Waals surface area contributed by atoms with Crippen molar-refractivity contribution in [1.29, 1.82) is 0 Å². The molecule has 0 bridgehead atoms. The summed E-state index contributed by atoms with van der Waals surface area (Å²) >= 11 is 1.55. The Balaban J connectivity index is 2.06. The minimum Gasteiger partial charge on any atom is -0.312 e. The summed E-state index contributed by atoms with van der Waals surface area (Å²) in [6, 6.07) is 1.80. The second-order valence-electron chi connectivity index (χ2n) is 5.59. The number of aryl methyl sites for hydroxylation is 1. The zero-order valence-electron chi connectivity index (χ0n) is 12.5. The third-order valence-corrected chi connectivity index (χ3v) is 6.81. The van der Waals surface area contributed by atoms with Gasteiger partial charge in [-0.1, -0.05) is 13.8 Å². The van der Waals surface area contributed by atoms with Crippen molar-refractivity contribution >= 4 is 21.4 Å². The van der Waals surface area contributed by atoms with E-state index in [9.17, 15) is 8.42 Å². The van der Waals surface area contributed by atoms with Gasteiger partial charge in [0, 0.05) is 22.8 Å². The number of sulfonamides is 1. The first-order chi connectivity index (χ1) is 9.42. The van der Waals surface area contributed by atoms with E-state index in [1.54, 1.807) is 17.4 Å². The largest absolute Gasteiger partial charge is 0.312 e. The second-order valence-corrected chi connectivity index (χ2v) is 8.67. The highest BCUT2D eigenvalue weighted by Crippen LogP contribution is 2.48. The third kappa shape index (κ3) is 3.61. The van der Waals surface area contributed by atoms with E-state index in [0.717, 1.165) is 42.1 Å². The van der Waals surface area contributed by atoms with E-state index in [4.69, 9.17) is 0 Å². The first kappa shape index (κ1) is 15.9. The first-order valence-corrected chi connectivity index (χ1v) is 9.52. The number of hydrogen-bond donors (Lipinski definition) is 2. The maximum absolute atomic E-state index is 12.4.